The van der Waals surface area contributed by atoms with Crippen LogP contribution in [0.15, 0.2) is 0 Å². The highest BCUT2D eigenvalue weighted by Gasteiger charge is 2.38. The van der Waals surface area contributed by atoms with Gasteiger partial charge in [-0.25, -0.2) is 0 Å². The quantitative estimate of drug-likeness (QED) is 0.806. The average molecular weight is 243 g/mol. The van der Waals surface area contributed by atoms with Crippen molar-refractivity contribution in [1.82, 2.24) is 4.90 Å². The van der Waals surface area contributed by atoms with Gasteiger partial charge in [-0.1, -0.05) is 0 Å². The van der Waals surface area contributed by atoms with Crippen LogP contribution in [0.4, 0.5) is 0 Å². The zero-order valence-electron chi connectivity index (χ0n) is 10.9. The second-order valence-electron chi connectivity index (χ2n) is 5.12. The van der Waals surface area contributed by atoms with Crippen molar-refractivity contribution in [1.29, 1.82) is 0 Å². The van der Waals surface area contributed by atoms with Crippen molar-refractivity contribution in [3.63, 3.8) is 0 Å². The molecule has 1 N–H and O–H groups in total. The zero-order chi connectivity index (χ0) is 13.2. The van der Waals surface area contributed by atoms with E-state index in [1.165, 1.54) is 7.11 Å². The number of hydrogen-bond acceptors (Lipinski definition) is 3. The van der Waals surface area contributed by atoms with Crippen molar-refractivity contribution in [2.24, 2.45) is 5.92 Å². The second kappa shape index (κ2) is 5.04. The summed E-state index contributed by atoms with van der Waals surface area (Å²) >= 11 is 0. The molecule has 0 spiro atoms. The molecule has 17 heavy (non-hydrogen) atoms. The number of likely N-dealkylation sites (tertiary alicyclic amines) is 1. The molecule has 98 valence electrons. The second-order valence-corrected chi connectivity index (χ2v) is 5.12. The Hall–Kier alpha value is -1.10. The van der Waals surface area contributed by atoms with Crippen LogP contribution in [0, 0.1) is 5.92 Å². The van der Waals surface area contributed by atoms with Gasteiger partial charge in [0.1, 0.15) is 5.60 Å². The van der Waals surface area contributed by atoms with Gasteiger partial charge in [-0.3, -0.25) is 9.59 Å². The van der Waals surface area contributed by atoms with Gasteiger partial charge in [-0.2, -0.15) is 0 Å². The smallest absolute Gasteiger partial charge is 0.306 e. The predicted molar refractivity (Wildman–Crippen MR) is 62.6 cm³/mol. The monoisotopic (exact) mass is 243 g/mol. The maximum atomic E-state index is 12.2. The van der Waals surface area contributed by atoms with Gasteiger partial charge in [0.25, 0.3) is 5.91 Å². The summed E-state index contributed by atoms with van der Waals surface area (Å²) in [4.78, 5) is 24.8. The molecule has 1 aliphatic heterocycles. The summed E-state index contributed by atoms with van der Waals surface area (Å²) in [7, 11) is 1.51. The summed E-state index contributed by atoms with van der Waals surface area (Å²) in [5.74, 6) is -1.18. The Kier molecular flexibility index (Phi) is 4.14. The summed E-state index contributed by atoms with van der Waals surface area (Å²) in [5, 5.41) is 8.96. The first-order chi connectivity index (χ1) is 7.79. The van der Waals surface area contributed by atoms with Gasteiger partial charge in [0.15, 0.2) is 0 Å². The number of nitrogens with zero attached hydrogens (tertiary/aromatic N) is 1. The molecule has 0 aromatic carbocycles. The molecule has 1 rings (SSSR count). The van der Waals surface area contributed by atoms with Crippen LogP contribution in [0.25, 0.3) is 0 Å². The number of carbonyl (C=O) groups excluding carboxylic acids is 1. The van der Waals surface area contributed by atoms with E-state index < -0.39 is 11.6 Å². The molecular formula is C12H21NO4. The molecule has 1 amide bonds. The van der Waals surface area contributed by atoms with Crippen LogP contribution >= 0.6 is 0 Å². The Balaban J connectivity index is 2.70. The number of hydrogen-bond donors (Lipinski definition) is 1. The molecule has 0 aliphatic carbocycles. The lowest BCUT2D eigenvalue weighted by molar-refractivity contribution is -0.158. The van der Waals surface area contributed by atoms with E-state index in [0.29, 0.717) is 19.4 Å². The molecule has 1 aliphatic rings. The standard InChI is InChI=1S/C12H21NO4/c1-8-7-9(10(14)15)5-6-13(8)11(16)12(2,3)17-4/h8-9H,5-7H2,1-4H3,(H,14,15). The highest BCUT2D eigenvalue weighted by molar-refractivity contribution is 5.85. The topological polar surface area (TPSA) is 66.8 Å². The first-order valence-corrected chi connectivity index (χ1v) is 5.88. The fourth-order valence-corrected chi connectivity index (χ4v) is 2.13. The first kappa shape index (κ1) is 14.0. The molecule has 0 radical (unpaired) electrons. The third-order valence-electron chi connectivity index (χ3n) is 3.51. The van der Waals surface area contributed by atoms with Gasteiger partial charge in [-0.15, -0.1) is 0 Å². The molecule has 1 saturated heterocycles. The molecule has 0 aromatic rings. The lowest BCUT2D eigenvalue weighted by Crippen LogP contribution is -2.53. The summed E-state index contributed by atoms with van der Waals surface area (Å²) in [6.45, 7) is 5.83. The lowest BCUT2D eigenvalue weighted by Gasteiger charge is -2.40. The van der Waals surface area contributed by atoms with Crippen molar-refractivity contribution in [3.05, 3.63) is 0 Å². The van der Waals surface area contributed by atoms with Crippen molar-refractivity contribution in [2.75, 3.05) is 13.7 Å². The van der Waals surface area contributed by atoms with Crippen LogP contribution in [0.2, 0.25) is 0 Å². The SMILES string of the molecule is COC(C)(C)C(=O)N1CCC(C(=O)O)CC1C. The highest BCUT2D eigenvalue weighted by Crippen LogP contribution is 2.26. The van der Waals surface area contributed by atoms with E-state index in [9.17, 15) is 9.59 Å². The third kappa shape index (κ3) is 2.97. The van der Waals surface area contributed by atoms with Crippen LogP contribution in [-0.4, -0.2) is 47.2 Å². The molecule has 0 bridgehead atoms. The minimum atomic E-state index is -0.843. The number of carboxylic acid groups (broad SMARTS) is 1. The molecule has 1 fully saturated rings. The highest BCUT2D eigenvalue weighted by atomic mass is 16.5. The fraction of sp³-hybridized carbons (Fsp3) is 0.833. The van der Waals surface area contributed by atoms with E-state index >= 15 is 0 Å². The van der Waals surface area contributed by atoms with Gasteiger partial charge in [0, 0.05) is 19.7 Å². The van der Waals surface area contributed by atoms with Crippen LogP contribution < -0.4 is 0 Å². The number of aliphatic carboxylic acids is 1. The van der Waals surface area contributed by atoms with Crippen LogP contribution in [-0.2, 0) is 14.3 Å². The number of amides is 1. The maximum absolute atomic E-state index is 12.2. The number of piperidine rings is 1. The third-order valence-corrected chi connectivity index (χ3v) is 3.51. The van der Waals surface area contributed by atoms with Crippen molar-refractivity contribution in [2.45, 2.75) is 45.3 Å². The average Bonchev–Trinajstić information content (AvgIpc) is 2.27. The summed E-state index contributed by atoms with van der Waals surface area (Å²) in [6, 6.07) is -0.0493. The van der Waals surface area contributed by atoms with Crippen LogP contribution in [0.3, 0.4) is 0 Å². The van der Waals surface area contributed by atoms with Gasteiger partial charge in [-0.05, 0) is 33.6 Å². The van der Waals surface area contributed by atoms with E-state index in [1.807, 2.05) is 6.92 Å². The number of carbonyl (C=O) groups is 2. The largest absolute Gasteiger partial charge is 0.481 e. The minimum Gasteiger partial charge on any atom is -0.481 e. The number of ether oxygens (including phenoxy) is 1. The van der Waals surface area contributed by atoms with E-state index in [2.05, 4.69) is 0 Å². The van der Waals surface area contributed by atoms with Gasteiger partial charge in [0.2, 0.25) is 0 Å². The molecule has 1 heterocycles. The summed E-state index contributed by atoms with van der Waals surface area (Å²) in [6.07, 6.45) is 1.03. The zero-order valence-corrected chi connectivity index (χ0v) is 10.9. The molecule has 2 unspecified atom stereocenters. The van der Waals surface area contributed by atoms with Crippen LogP contribution in [0.5, 0.6) is 0 Å². The van der Waals surface area contributed by atoms with Gasteiger partial charge >= 0.3 is 5.97 Å². The van der Waals surface area contributed by atoms with Crippen LogP contribution in [0.1, 0.15) is 33.6 Å². The lowest BCUT2D eigenvalue weighted by atomic mass is 9.90. The van der Waals surface area contributed by atoms with Gasteiger partial charge < -0.3 is 14.7 Å². The molecule has 0 saturated carbocycles. The molecule has 2 atom stereocenters. The number of carboxylic acids is 1. The Labute approximate surface area is 102 Å². The van der Waals surface area contributed by atoms with Crippen molar-refractivity contribution in [3.8, 4) is 0 Å². The van der Waals surface area contributed by atoms with E-state index in [4.69, 9.17) is 9.84 Å². The molecule has 5 nitrogen and oxygen atoms in total. The summed E-state index contributed by atoms with van der Waals surface area (Å²) in [5.41, 5.74) is -0.843. The fourth-order valence-electron chi connectivity index (χ4n) is 2.13. The van der Waals surface area contributed by atoms with Crippen molar-refractivity contribution >= 4 is 11.9 Å². The molecule has 0 aromatic heterocycles. The Morgan fingerprint density at radius 3 is 2.41 bits per heavy atom. The van der Waals surface area contributed by atoms with E-state index in [0.717, 1.165) is 0 Å². The Bertz CT molecular complexity index is 314. The van der Waals surface area contributed by atoms with Gasteiger partial charge in [0.05, 0.1) is 5.92 Å². The number of rotatable bonds is 3. The minimum absolute atomic E-state index is 0.0493. The number of methoxy groups -OCH3 is 1. The first-order valence-electron chi connectivity index (χ1n) is 5.88. The summed E-state index contributed by atoms with van der Waals surface area (Å²) < 4.78 is 5.17. The Morgan fingerprint density at radius 1 is 1.41 bits per heavy atom. The Morgan fingerprint density at radius 2 is 2.00 bits per heavy atom. The molecular weight excluding hydrogens is 222 g/mol. The predicted octanol–water partition coefficient (Wildman–Crippen LogP) is 1.12. The normalized spacial score (nSPS) is 25.8. The van der Waals surface area contributed by atoms with Crippen molar-refractivity contribution < 1.29 is 19.4 Å². The maximum Gasteiger partial charge on any atom is 0.306 e. The molecule has 5 heteroatoms. The van der Waals surface area contributed by atoms with E-state index in [1.54, 1.807) is 18.7 Å². The van der Waals surface area contributed by atoms with E-state index in [-0.39, 0.29) is 17.9 Å².